The van der Waals surface area contributed by atoms with Crippen molar-refractivity contribution in [2.45, 2.75) is 71.9 Å². The van der Waals surface area contributed by atoms with Gasteiger partial charge in [0, 0.05) is 35.8 Å². The molecule has 3 unspecified atom stereocenters. The molecule has 0 bridgehead atoms. The summed E-state index contributed by atoms with van der Waals surface area (Å²) in [5.41, 5.74) is 5.36. The molecule has 6 heteroatoms. The average molecular weight is 336 g/mol. The molecule has 0 saturated carbocycles. The first-order chi connectivity index (χ1) is 11.2. The number of rotatable bonds is 10. The van der Waals surface area contributed by atoms with Crippen molar-refractivity contribution in [2.75, 3.05) is 0 Å². The van der Waals surface area contributed by atoms with Crippen LogP contribution < -0.4 is 11.1 Å². The molecule has 1 aromatic heterocycles. The maximum Gasteiger partial charge on any atom is 0.223 e. The van der Waals surface area contributed by atoms with E-state index in [0.717, 1.165) is 12.8 Å². The van der Waals surface area contributed by atoms with E-state index in [1.807, 2.05) is 38.5 Å². The molecule has 0 saturated heterocycles. The van der Waals surface area contributed by atoms with Crippen molar-refractivity contribution in [1.82, 2.24) is 14.9 Å². The van der Waals surface area contributed by atoms with Crippen LogP contribution in [0.5, 0.6) is 0 Å². The Balaban J connectivity index is 2.71. The maximum absolute atomic E-state index is 12.4. The van der Waals surface area contributed by atoms with Gasteiger partial charge in [0.1, 0.15) is 0 Å². The van der Waals surface area contributed by atoms with Crippen LogP contribution in [0.1, 0.15) is 66.3 Å². The van der Waals surface area contributed by atoms with Crippen LogP contribution in [0.25, 0.3) is 0 Å². The summed E-state index contributed by atoms with van der Waals surface area (Å²) in [6.07, 6.45) is 8.19. The third-order valence-corrected chi connectivity index (χ3v) is 4.81. The second kappa shape index (κ2) is 8.85. The fourth-order valence-corrected chi connectivity index (χ4v) is 2.72. The molecule has 0 aliphatic heterocycles. The molecule has 0 fully saturated rings. The molecule has 0 spiro atoms. The number of nitrogens with zero attached hydrogens (tertiary/aromatic N) is 2. The molecular weight excluding hydrogens is 304 g/mol. The SMILES string of the molecule is CCC(CC(CC(C)C(=O)NC(C)(C)CC)C(N)=O)n1ccnc1. The van der Waals surface area contributed by atoms with Gasteiger partial charge in [-0.15, -0.1) is 0 Å². The Labute approximate surface area is 145 Å². The number of amides is 2. The molecule has 6 nitrogen and oxygen atoms in total. The van der Waals surface area contributed by atoms with E-state index in [1.54, 1.807) is 12.5 Å². The van der Waals surface area contributed by atoms with Gasteiger partial charge in [-0.2, -0.15) is 0 Å². The number of hydrogen-bond donors (Lipinski definition) is 2. The zero-order valence-electron chi connectivity index (χ0n) is 15.6. The van der Waals surface area contributed by atoms with Crippen molar-refractivity contribution in [3.05, 3.63) is 18.7 Å². The molecule has 0 aliphatic rings. The Bertz CT molecular complexity index is 525. The van der Waals surface area contributed by atoms with Gasteiger partial charge in [-0.05, 0) is 39.5 Å². The Kier molecular flexibility index (Phi) is 7.45. The molecule has 136 valence electrons. The van der Waals surface area contributed by atoms with Gasteiger partial charge >= 0.3 is 0 Å². The molecule has 0 radical (unpaired) electrons. The number of primary amides is 1. The number of aromatic nitrogens is 2. The van der Waals surface area contributed by atoms with Crippen molar-refractivity contribution in [1.29, 1.82) is 0 Å². The van der Waals surface area contributed by atoms with Gasteiger partial charge in [0.2, 0.25) is 11.8 Å². The summed E-state index contributed by atoms with van der Waals surface area (Å²) in [6.45, 7) is 9.95. The summed E-state index contributed by atoms with van der Waals surface area (Å²) < 4.78 is 2.00. The van der Waals surface area contributed by atoms with Crippen molar-refractivity contribution in [3.63, 3.8) is 0 Å². The average Bonchev–Trinajstić information content (AvgIpc) is 3.04. The van der Waals surface area contributed by atoms with Gasteiger partial charge in [-0.3, -0.25) is 9.59 Å². The number of hydrogen-bond acceptors (Lipinski definition) is 3. The summed E-state index contributed by atoms with van der Waals surface area (Å²) >= 11 is 0. The monoisotopic (exact) mass is 336 g/mol. The van der Waals surface area contributed by atoms with Gasteiger partial charge in [0.05, 0.1) is 6.33 Å². The van der Waals surface area contributed by atoms with E-state index < -0.39 is 0 Å². The lowest BCUT2D eigenvalue weighted by molar-refractivity contribution is -0.128. The lowest BCUT2D eigenvalue weighted by Gasteiger charge is -2.28. The Morgan fingerprint density at radius 3 is 2.42 bits per heavy atom. The highest BCUT2D eigenvalue weighted by atomic mass is 16.2. The van der Waals surface area contributed by atoms with E-state index in [9.17, 15) is 9.59 Å². The van der Waals surface area contributed by atoms with Crippen molar-refractivity contribution in [3.8, 4) is 0 Å². The van der Waals surface area contributed by atoms with E-state index >= 15 is 0 Å². The van der Waals surface area contributed by atoms with Crippen molar-refractivity contribution < 1.29 is 9.59 Å². The number of nitrogens with two attached hydrogens (primary N) is 1. The number of carbonyl (C=O) groups is 2. The van der Waals surface area contributed by atoms with E-state index in [1.165, 1.54) is 0 Å². The van der Waals surface area contributed by atoms with Gasteiger partial charge in [0.15, 0.2) is 0 Å². The van der Waals surface area contributed by atoms with Crippen LogP contribution in [0.15, 0.2) is 18.7 Å². The standard InChI is InChI=1S/C18H32N4O2/c1-6-15(22-9-8-20-12-22)11-14(16(19)23)10-13(3)17(24)21-18(4,5)7-2/h8-9,12-15H,6-7,10-11H2,1-5H3,(H2,19,23)(H,21,24). The molecule has 1 heterocycles. The van der Waals surface area contributed by atoms with Gasteiger partial charge in [-0.25, -0.2) is 4.98 Å². The second-order valence-electron chi connectivity index (χ2n) is 7.27. The summed E-state index contributed by atoms with van der Waals surface area (Å²) in [4.78, 5) is 28.3. The van der Waals surface area contributed by atoms with E-state index in [4.69, 9.17) is 5.73 Å². The summed E-state index contributed by atoms with van der Waals surface area (Å²) in [5.74, 6) is -0.955. The minimum Gasteiger partial charge on any atom is -0.369 e. The minimum atomic E-state index is -0.344. The van der Waals surface area contributed by atoms with Gasteiger partial charge in [-0.1, -0.05) is 20.8 Å². The molecule has 24 heavy (non-hydrogen) atoms. The second-order valence-corrected chi connectivity index (χ2v) is 7.27. The van der Waals surface area contributed by atoms with Crippen LogP contribution in [0.4, 0.5) is 0 Å². The highest BCUT2D eigenvalue weighted by molar-refractivity contribution is 5.81. The van der Waals surface area contributed by atoms with Crippen LogP contribution in [0.3, 0.4) is 0 Å². The Morgan fingerprint density at radius 2 is 1.96 bits per heavy atom. The zero-order valence-corrected chi connectivity index (χ0v) is 15.6. The molecule has 1 aromatic rings. The first-order valence-corrected chi connectivity index (χ1v) is 8.78. The quantitative estimate of drug-likeness (QED) is 0.688. The largest absolute Gasteiger partial charge is 0.369 e. The number of nitrogens with one attached hydrogen (secondary N) is 1. The van der Waals surface area contributed by atoms with Crippen LogP contribution in [0, 0.1) is 11.8 Å². The van der Waals surface area contributed by atoms with Crippen molar-refractivity contribution >= 4 is 11.8 Å². The lowest BCUT2D eigenvalue weighted by Crippen LogP contribution is -2.45. The summed E-state index contributed by atoms with van der Waals surface area (Å²) in [6, 6.07) is 0.160. The maximum atomic E-state index is 12.4. The molecule has 0 aromatic carbocycles. The van der Waals surface area contributed by atoms with Crippen LogP contribution in [0.2, 0.25) is 0 Å². The van der Waals surface area contributed by atoms with Gasteiger partial charge < -0.3 is 15.6 Å². The third-order valence-electron chi connectivity index (χ3n) is 4.81. The van der Waals surface area contributed by atoms with Gasteiger partial charge in [0.25, 0.3) is 0 Å². The molecule has 3 atom stereocenters. The molecule has 0 aliphatic carbocycles. The van der Waals surface area contributed by atoms with Crippen LogP contribution in [-0.4, -0.2) is 26.9 Å². The van der Waals surface area contributed by atoms with Crippen LogP contribution in [-0.2, 0) is 9.59 Å². The normalized spacial score (nSPS) is 15.5. The highest BCUT2D eigenvalue weighted by Crippen LogP contribution is 2.26. The minimum absolute atomic E-state index is 0.0243. The smallest absolute Gasteiger partial charge is 0.223 e. The van der Waals surface area contributed by atoms with E-state index in [2.05, 4.69) is 17.2 Å². The number of imidazole rings is 1. The third kappa shape index (κ3) is 5.98. The first kappa shape index (κ1) is 20.2. The fraction of sp³-hybridized carbons (Fsp3) is 0.722. The first-order valence-electron chi connectivity index (χ1n) is 8.78. The molecule has 2 amide bonds. The van der Waals surface area contributed by atoms with E-state index in [-0.39, 0.29) is 35.2 Å². The summed E-state index contributed by atoms with van der Waals surface area (Å²) in [5, 5.41) is 3.04. The topological polar surface area (TPSA) is 90.0 Å². The molecule has 1 rings (SSSR count). The molecule has 3 N–H and O–H groups in total. The predicted molar refractivity (Wildman–Crippen MR) is 95.2 cm³/mol. The van der Waals surface area contributed by atoms with Crippen LogP contribution >= 0.6 is 0 Å². The number of carbonyl (C=O) groups excluding carboxylic acids is 2. The molecular formula is C18H32N4O2. The predicted octanol–water partition coefficient (Wildman–Crippen LogP) is 2.66. The zero-order chi connectivity index (χ0) is 18.3. The van der Waals surface area contributed by atoms with E-state index in [0.29, 0.717) is 12.8 Å². The lowest BCUT2D eigenvalue weighted by atomic mass is 9.88. The van der Waals surface area contributed by atoms with Crippen molar-refractivity contribution in [2.24, 2.45) is 17.6 Å². The Hall–Kier alpha value is -1.85. The Morgan fingerprint density at radius 1 is 1.29 bits per heavy atom. The summed E-state index contributed by atoms with van der Waals surface area (Å²) in [7, 11) is 0. The highest BCUT2D eigenvalue weighted by Gasteiger charge is 2.28. The fourth-order valence-electron chi connectivity index (χ4n) is 2.72.